The van der Waals surface area contributed by atoms with Crippen molar-refractivity contribution in [2.75, 3.05) is 13.7 Å². The van der Waals surface area contributed by atoms with E-state index in [9.17, 15) is 9.59 Å². The van der Waals surface area contributed by atoms with E-state index in [1.165, 1.54) is 11.3 Å². The molecule has 5 heteroatoms. The van der Waals surface area contributed by atoms with Crippen molar-refractivity contribution in [3.8, 4) is 5.75 Å². The molecule has 3 aromatic rings. The molecule has 24 heavy (non-hydrogen) atoms. The molecule has 0 unspecified atom stereocenters. The first-order chi connectivity index (χ1) is 11.7. The van der Waals surface area contributed by atoms with Gasteiger partial charge < -0.3 is 9.47 Å². The molecule has 0 fully saturated rings. The van der Waals surface area contributed by atoms with Gasteiger partial charge in [0.25, 0.3) is 0 Å². The molecule has 0 aliphatic rings. The van der Waals surface area contributed by atoms with Crippen molar-refractivity contribution in [1.29, 1.82) is 0 Å². The lowest BCUT2D eigenvalue weighted by Gasteiger charge is -2.08. The highest BCUT2D eigenvalue weighted by molar-refractivity contribution is 7.24. The lowest BCUT2D eigenvalue weighted by Crippen LogP contribution is -2.11. The van der Waals surface area contributed by atoms with E-state index >= 15 is 0 Å². The lowest BCUT2D eigenvalue weighted by atomic mass is 10.1. The molecule has 0 saturated heterocycles. The molecule has 1 aromatic heterocycles. The predicted molar refractivity (Wildman–Crippen MR) is 97.0 cm³/mol. The fourth-order valence-electron chi connectivity index (χ4n) is 2.59. The zero-order chi connectivity index (χ0) is 16.9. The van der Waals surface area contributed by atoms with Crippen molar-refractivity contribution >= 4 is 37.5 Å². The fourth-order valence-corrected chi connectivity index (χ4v) is 3.69. The van der Waals surface area contributed by atoms with Gasteiger partial charge in [0.2, 0.25) is 0 Å². The van der Waals surface area contributed by atoms with Gasteiger partial charge in [0.1, 0.15) is 5.75 Å². The van der Waals surface area contributed by atoms with Crippen molar-refractivity contribution in [2.45, 2.75) is 19.3 Å². The molecular formula is C19H18O4S. The average molecular weight is 342 g/mol. The quantitative estimate of drug-likeness (QED) is 0.292. The van der Waals surface area contributed by atoms with Gasteiger partial charge in [0.05, 0.1) is 5.39 Å². The van der Waals surface area contributed by atoms with Crippen molar-refractivity contribution < 1.29 is 14.3 Å². The van der Waals surface area contributed by atoms with Crippen molar-refractivity contribution in [1.82, 2.24) is 0 Å². The highest BCUT2D eigenvalue weighted by atomic mass is 32.1. The Balaban J connectivity index is 1.92. The fraction of sp³-hybridized carbons (Fsp3) is 0.263. The van der Waals surface area contributed by atoms with Crippen LogP contribution in [-0.2, 0) is 9.53 Å². The predicted octanol–water partition coefficient (Wildman–Crippen LogP) is 4.14. The molecule has 0 N–H and O–H groups in total. The number of rotatable bonds is 6. The van der Waals surface area contributed by atoms with E-state index in [1.54, 1.807) is 25.3 Å². The topological polar surface area (TPSA) is 52.6 Å². The molecule has 3 rings (SSSR count). The molecule has 0 bridgehead atoms. The van der Waals surface area contributed by atoms with E-state index < -0.39 is 0 Å². The Labute approximate surface area is 143 Å². The van der Waals surface area contributed by atoms with Crippen LogP contribution in [0.25, 0.3) is 20.2 Å². The smallest absolute Gasteiger partial charge is 0.311 e. The average Bonchev–Trinajstić information content (AvgIpc) is 2.59. The van der Waals surface area contributed by atoms with Gasteiger partial charge in [0, 0.05) is 34.9 Å². The number of hydrogen-bond acceptors (Lipinski definition) is 5. The summed E-state index contributed by atoms with van der Waals surface area (Å²) in [6.07, 6.45) is 1.82. The number of methoxy groups -OCH3 is 1. The number of esters is 1. The first-order valence-corrected chi connectivity index (χ1v) is 8.66. The Morgan fingerprint density at radius 3 is 2.67 bits per heavy atom. The second kappa shape index (κ2) is 7.55. The van der Waals surface area contributed by atoms with Gasteiger partial charge >= 0.3 is 5.97 Å². The maximum Gasteiger partial charge on any atom is 0.311 e. The summed E-state index contributed by atoms with van der Waals surface area (Å²) in [4.78, 5) is 24.8. The van der Waals surface area contributed by atoms with E-state index in [-0.39, 0.29) is 11.4 Å². The number of hydrogen-bond donors (Lipinski definition) is 0. The van der Waals surface area contributed by atoms with E-state index in [0.29, 0.717) is 36.0 Å². The number of carbonyl (C=O) groups excluding carboxylic acids is 1. The van der Waals surface area contributed by atoms with Gasteiger partial charge in [-0.2, -0.15) is 0 Å². The molecule has 2 aromatic carbocycles. The van der Waals surface area contributed by atoms with E-state index in [2.05, 4.69) is 0 Å². The molecule has 4 nitrogen and oxygen atoms in total. The Morgan fingerprint density at radius 1 is 1.04 bits per heavy atom. The Bertz CT molecular complexity index is 929. The molecule has 1 heterocycles. The number of benzene rings is 2. The van der Waals surface area contributed by atoms with Crippen molar-refractivity contribution in [2.24, 2.45) is 0 Å². The maximum absolute atomic E-state index is 12.8. The summed E-state index contributed by atoms with van der Waals surface area (Å²) in [7, 11) is 1.63. The van der Waals surface area contributed by atoms with Crippen LogP contribution in [0.3, 0.4) is 0 Å². The second-order valence-corrected chi connectivity index (χ2v) is 6.56. The molecule has 0 saturated carbocycles. The van der Waals surface area contributed by atoms with Crippen molar-refractivity contribution in [3.05, 3.63) is 52.7 Å². The number of unbranched alkanes of at least 4 members (excludes halogenated alkanes) is 1. The minimum Gasteiger partial charge on any atom is -0.426 e. The Hall–Kier alpha value is -2.24. The molecule has 0 aliphatic heterocycles. The summed E-state index contributed by atoms with van der Waals surface area (Å²) in [6.45, 7) is 0.625. The van der Waals surface area contributed by atoms with Crippen LogP contribution < -0.4 is 10.2 Å². The third-order valence-electron chi connectivity index (χ3n) is 3.77. The molecular weight excluding hydrogens is 324 g/mol. The molecule has 0 atom stereocenters. The first kappa shape index (κ1) is 16.6. The minimum atomic E-state index is -0.323. The first-order valence-electron chi connectivity index (χ1n) is 7.85. The van der Waals surface area contributed by atoms with Crippen LogP contribution >= 0.6 is 11.3 Å². The van der Waals surface area contributed by atoms with Crippen LogP contribution in [0.1, 0.15) is 19.3 Å². The lowest BCUT2D eigenvalue weighted by molar-refractivity contribution is -0.134. The Morgan fingerprint density at radius 2 is 1.83 bits per heavy atom. The molecule has 124 valence electrons. The van der Waals surface area contributed by atoms with E-state index in [1.807, 2.05) is 24.3 Å². The zero-order valence-electron chi connectivity index (χ0n) is 13.4. The molecule has 0 spiro atoms. The highest BCUT2D eigenvalue weighted by Crippen LogP contribution is 2.30. The maximum atomic E-state index is 12.8. The van der Waals surface area contributed by atoms with Gasteiger partial charge in [-0.3, -0.25) is 9.59 Å². The monoisotopic (exact) mass is 342 g/mol. The van der Waals surface area contributed by atoms with Gasteiger partial charge in [-0.15, -0.1) is 11.3 Å². The number of ether oxygens (including phenoxy) is 2. The Kier molecular flexibility index (Phi) is 5.23. The summed E-state index contributed by atoms with van der Waals surface area (Å²) in [5.74, 6) is 0.0207. The van der Waals surface area contributed by atoms with Crippen LogP contribution in [0.15, 0.2) is 47.3 Å². The summed E-state index contributed by atoms with van der Waals surface area (Å²) in [5.41, 5.74) is -0.0952. The molecule has 0 radical (unpaired) electrons. The second-order valence-electron chi connectivity index (χ2n) is 5.48. The standard InChI is InChI=1S/C19H18O4S/c1-22-12-5-4-11-17(20)23-14-8-6-10-16-18(14)19(21)13-7-2-3-9-15(13)24-16/h2-3,6-10H,4-5,11-12H2,1H3. The van der Waals surface area contributed by atoms with Gasteiger partial charge in [-0.05, 0) is 37.1 Å². The van der Waals surface area contributed by atoms with Gasteiger partial charge in [-0.25, -0.2) is 0 Å². The summed E-state index contributed by atoms with van der Waals surface area (Å²) >= 11 is 1.52. The van der Waals surface area contributed by atoms with Crippen LogP contribution in [0.4, 0.5) is 0 Å². The number of fused-ring (bicyclic) bond motifs is 2. The van der Waals surface area contributed by atoms with Gasteiger partial charge in [0.15, 0.2) is 5.43 Å². The van der Waals surface area contributed by atoms with Crippen LogP contribution in [0.2, 0.25) is 0 Å². The van der Waals surface area contributed by atoms with Crippen molar-refractivity contribution in [3.63, 3.8) is 0 Å². The highest BCUT2D eigenvalue weighted by Gasteiger charge is 2.13. The molecule has 0 amide bonds. The van der Waals surface area contributed by atoms with E-state index in [4.69, 9.17) is 9.47 Å². The van der Waals surface area contributed by atoms with Crippen LogP contribution in [0.5, 0.6) is 5.75 Å². The third kappa shape index (κ3) is 3.47. The minimum absolute atomic E-state index is 0.0952. The number of carbonyl (C=O) groups is 1. The summed E-state index contributed by atoms with van der Waals surface area (Å²) < 4.78 is 12.2. The largest absolute Gasteiger partial charge is 0.426 e. The summed E-state index contributed by atoms with van der Waals surface area (Å²) in [5, 5.41) is 1.13. The van der Waals surface area contributed by atoms with Crippen LogP contribution in [0, 0.1) is 0 Å². The zero-order valence-corrected chi connectivity index (χ0v) is 14.2. The normalized spacial score (nSPS) is 11.0. The summed E-state index contributed by atoms with van der Waals surface area (Å²) in [6, 6.07) is 12.8. The SMILES string of the molecule is COCCCCC(=O)Oc1cccc2sc3ccccc3c(=O)c12. The third-order valence-corrected chi connectivity index (χ3v) is 4.91. The molecule has 0 aliphatic carbocycles. The van der Waals surface area contributed by atoms with Crippen LogP contribution in [-0.4, -0.2) is 19.7 Å². The van der Waals surface area contributed by atoms with E-state index in [0.717, 1.165) is 15.8 Å². The van der Waals surface area contributed by atoms with Gasteiger partial charge in [-0.1, -0.05) is 18.2 Å².